The Labute approximate surface area is 99.7 Å². The zero-order valence-corrected chi connectivity index (χ0v) is 10.3. The van der Waals surface area contributed by atoms with E-state index >= 15 is 0 Å². The molecule has 1 aromatic rings. The van der Waals surface area contributed by atoms with Gasteiger partial charge in [-0.2, -0.15) is 0 Å². The van der Waals surface area contributed by atoms with E-state index in [1.165, 1.54) is 12.8 Å². The Hall–Kier alpha value is -0.940. The van der Waals surface area contributed by atoms with Gasteiger partial charge in [0.05, 0.1) is 17.7 Å². The molecule has 1 amide bonds. The number of nitrogens with zero attached hydrogens (tertiary/aromatic N) is 2. The third kappa shape index (κ3) is 2.59. The van der Waals surface area contributed by atoms with Crippen molar-refractivity contribution in [1.29, 1.82) is 0 Å². The van der Waals surface area contributed by atoms with Crippen molar-refractivity contribution in [3.05, 3.63) is 16.6 Å². The van der Waals surface area contributed by atoms with Crippen LogP contribution in [-0.2, 0) is 4.79 Å². The van der Waals surface area contributed by atoms with Crippen molar-refractivity contribution in [3.8, 4) is 0 Å². The van der Waals surface area contributed by atoms with Crippen molar-refractivity contribution in [3.63, 3.8) is 0 Å². The van der Waals surface area contributed by atoms with Crippen LogP contribution in [0, 0.1) is 0 Å². The van der Waals surface area contributed by atoms with Crippen LogP contribution in [0.5, 0.6) is 0 Å². The summed E-state index contributed by atoms with van der Waals surface area (Å²) in [6.45, 7) is 3.66. The fraction of sp³-hybridized carbons (Fsp3) is 0.636. The molecule has 1 unspecified atom stereocenters. The zero-order valence-electron chi connectivity index (χ0n) is 9.48. The lowest BCUT2D eigenvalue weighted by Crippen LogP contribution is -2.28. The first-order valence-corrected chi connectivity index (χ1v) is 6.67. The Kier molecular flexibility index (Phi) is 3.90. The molecule has 2 heterocycles. The molecule has 0 bridgehead atoms. The minimum Gasteiger partial charge on any atom is -0.334 e. The largest absolute Gasteiger partial charge is 0.334 e. The number of rotatable bonds is 5. The zero-order chi connectivity index (χ0) is 11.4. The molecule has 16 heavy (non-hydrogen) atoms. The summed E-state index contributed by atoms with van der Waals surface area (Å²) in [6, 6.07) is 0. The van der Waals surface area contributed by atoms with Gasteiger partial charge in [0, 0.05) is 11.9 Å². The number of hydrogen-bond donors (Lipinski definition) is 1. The number of aromatic nitrogens is 1. The molecule has 88 valence electrons. The lowest BCUT2D eigenvalue weighted by molar-refractivity contribution is -0.118. The maximum Gasteiger partial charge on any atom is 0.235 e. The predicted molar refractivity (Wildman–Crippen MR) is 64.1 cm³/mol. The summed E-state index contributed by atoms with van der Waals surface area (Å²) in [5.74, 6) is 0.106. The first-order valence-electron chi connectivity index (χ1n) is 5.72. The van der Waals surface area contributed by atoms with Gasteiger partial charge in [-0.1, -0.05) is 19.8 Å². The van der Waals surface area contributed by atoms with Crippen molar-refractivity contribution < 1.29 is 4.79 Å². The van der Waals surface area contributed by atoms with Crippen LogP contribution in [0.25, 0.3) is 0 Å². The van der Waals surface area contributed by atoms with Crippen LogP contribution in [0.4, 0.5) is 0 Å². The van der Waals surface area contributed by atoms with Crippen molar-refractivity contribution in [1.82, 2.24) is 15.2 Å². The monoisotopic (exact) mass is 239 g/mol. The van der Waals surface area contributed by atoms with Gasteiger partial charge in [-0.25, -0.2) is 4.98 Å². The Morgan fingerprint density at radius 3 is 3.19 bits per heavy atom. The molecule has 0 spiro atoms. The molecule has 0 radical (unpaired) electrons. The quantitative estimate of drug-likeness (QED) is 0.796. The summed E-state index contributed by atoms with van der Waals surface area (Å²) in [5.41, 5.74) is 2.77. The second-order valence-corrected chi connectivity index (χ2v) is 4.78. The Morgan fingerprint density at radius 1 is 1.62 bits per heavy atom. The lowest BCUT2D eigenvalue weighted by atomic mass is 10.2. The maximum absolute atomic E-state index is 11.4. The van der Waals surface area contributed by atoms with Crippen LogP contribution >= 0.6 is 11.3 Å². The van der Waals surface area contributed by atoms with E-state index in [0.29, 0.717) is 6.54 Å². The molecule has 1 N–H and O–H groups in total. The van der Waals surface area contributed by atoms with Crippen LogP contribution in [0.1, 0.15) is 38.0 Å². The van der Waals surface area contributed by atoms with Crippen molar-refractivity contribution in [2.24, 2.45) is 0 Å². The van der Waals surface area contributed by atoms with E-state index in [-0.39, 0.29) is 12.1 Å². The van der Waals surface area contributed by atoms with Crippen molar-refractivity contribution in [2.75, 3.05) is 13.1 Å². The minimum atomic E-state index is -0.00407. The highest BCUT2D eigenvalue weighted by molar-refractivity contribution is 7.07. The third-order valence-corrected chi connectivity index (χ3v) is 3.39. The predicted octanol–water partition coefficient (Wildman–Crippen LogP) is 1.76. The summed E-state index contributed by atoms with van der Waals surface area (Å²) in [5, 5.41) is 4.97. The molecule has 1 aliphatic heterocycles. The van der Waals surface area contributed by atoms with Crippen LogP contribution in [0.3, 0.4) is 0 Å². The van der Waals surface area contributed by atoms with Gasteiger partial charge in [-0.3, -0.25) is 9.69 Å². The van der Waals surface area contributed by atoms with E-state index in [0.717, 1.165) is 18.7 Å². The van der Waals surface area contributed by atoms with Crippen LogP contribution in [-0.4, -0.2) is 28.9 Å². The van der Waals surface area contributed by atoms with E-state index in [2.05, 4.69) is 22.1 Å². The van der Waals surface area contributed by atoms with Gasteiger partial charge in [0.15, 0.2) is 0 Å². The molecule has 0 saturated carbocycles. The smallest absolute Gasteiger partial charge is 0.235 e. The number of unbranched alkanes of at least 4 members (excludes halogenated alkanes) is 2. The molecule has 0 aliphatic carbocycles. The molecular weight excluding hydrogens is 222 g/mol. The Balaban J connectivity index is 1.96. The summed E-state index contributed by atoms with van der Waals surface area (Å²) in [7, 11) is 0. The highest BCUT2D eigenvalue weighted by Crippen LogP contribution is 2.22. The standard InChI is InChI=1S/C11H17N3OS/c1-2-3-4-5-14-6-10(15)13-11(14)9-7-16-8-12-9/h7-8,11H,2-6H2,1H3,(H,13,15). The molecule has 5 heteroatoms. The lowest BCUT2D eigenvalue weighted by Gasteiger charge is -2.21. The maximum atomic E-state index is 11.4. The summed E-state index contributed by atoms with van der Waals surface area (Å²) in [6.07, 6.45) is 3.56. The minimum absolute atomic E-state index is 0.00407. The van der Waals surface area contributed by atoms with Crippen LogP contribution in [0.15, 0.2) is 10.9 Å². The van der Waals surface area contributed by atoms with E-state index in [4.69, 9.17) is 0 Å². The molecule has 1 saturated heterocycles. The number of carbonyl (C=O) groups is 1. The van der Waals surface area contributed by atoms with Gasteiger partial charge in [0.1, 0.15) is 6.17 Å². The SMILES string of the molecule is CCCCCN1CC(=O)NC1c1cscn1. The molecule has 4 nitrogen and oxygen atoms in total. The topological polar surface area (TPSA) is 45.2 Å². The molecule has 2 rings (SSSR count). The fourth-order valence-corrected chi connectivity index (χ4v) is 2.53. The van der Waals surface area contributed by atoms with E-state index in [1.54, 1.807) is 11.3 Å². The number of thiazole rings is 1. The normalized spacial score (nSPS) is 21.3. The molecule has 1 atom stereocenters. The van der Waals surface area contributed by atoms with Gasteiger partial charge in [-0.05, 0) is 6.42 Å². The summed E-state index contributed by atoms with van der Waals surface area (Å²) >= 11 is 1.57. The van der Waals surface area contributed by atoms with Crippen molar-refractivity contribution >= 4 is 17.2 Å². The van der Waals surface area contributed by atoms with E-state index in [1.807, 2.05) is 10.9 Å². The van der Waals surface area contributed by atoms with Gasteiger partial charge < -0.3 is 5.32 Å². The highest BCUT2D eigenvalue weighted by atomic mass is 32.1. The molecule has 1 aromatic heterocycles. The summed E-state index contributed by atoms with van der Waals surface area (Å²) < 4.78 is 0. The second kappa shape index (κ2) is 5.41. The van der Waals surface area contributed by atoms with E-state index < -0.39 is 0 Å². The number of hydrogen-bond acceptors (Lipinski definition) is 4. The molecule has 1 fully saturated rings. The number of amides is 1. The first-order chi connectivity index (χ1) is 7.81. The van der Waals surface area contributed by atoms with Crippen LogP contribution in [0.2, 0.25) is 0 Å². The molecular formula is C11H17N3OS. The Morgan fingerprint density at radius 2 is 2.50 bits per heavy atom. The Bertz CT molecular complexity index is 339. The first kappa shape index (κ1) is 11.5. The van der Waals surface area contributed by atoms with Crippen LogP contribution < -0.4 is 5.32 Å². The average molecular weight is 239 g/mol. The number of carbonyl (C=O) groups excluding carboxylic acids is 1. The highest BCUT2D eigenvalue weighted by Gasteiger charge is 2.31. The van der Waals surface area contributed by atoms with Gasteiger partial charge >= 0.3 is 0 Å². The molecule has 1 aliphatic rings. The van der Waals surface area contributed by atoms with Gasteiger partial charge in [-0.15, -0.1) is 11.3 Å². The second-order valence-electron chi connectivity index (χ2n) is 4.06. The van der Waals surface area contributed by atoms with Crippen molar-refractivity contribution in [2.45, 2.75) is 32.4 Å². The van der Waals surface area contributed by atoms with Gasteiger partial charge in [0.25, 0.3) is 0 Å². The third-order valence-electron chi connectivity index (χ3n) is 2.79. The van der Waals surface area contributed by atoms with Gasteiger partial charge in [0.2, 0.25) is 5.91 Å². The fourth-order valence-electron chi connectivity index (χ4n) is 1.96. The number of nitrogens with one attached hydrogen (secondary N) is 1. The van der Waals surface area contributed by atoms with E-state index in [9.17, 15) is 4.79 Å². The molecule has 0 aromatic carbocycles. The average Bonchev–Trinajstić information content (AvgIpc) is 2.87. The summed E-state index contributed by atoms with van der Waals surface area (Å²) in [4.78, 5) is 17.9.